The van der Waals surface area contributed by atoms with Crippen LogP contribution in [-0.4, -0.2) is 16.2 Å². The van der Waals surface area contributed by atoms with Gasteiger partial charge in [0.15, 0.2) is 0 Å². The van der Waals surface area contributed by atoms with E-state index in [1.807, 2.05) is 5.25 Å². The lowest BCUT2D eigenvalue weighted by Crippen LogP contribution is -2.20. The molecule has 5 heteroatoms. The van der Waals surface area contributed by atoms with Crippen molar-refractivity contribution in [2.75, 3.05) is 0 Å². The van der Waals surface area contributed by atoms with Gasteiger partial charge in [0, 0.05) is 11.8 Å². The molecule has 0 aromatic rings. The number of hydrogen-bond acceptors (Lipinski definition) is 2. The summed E-state index contributed by atoms with van der Waals surface area (Å²) in [7, 11) is 0. The molecule has 0 bridgehead atoms. The second kappa shape index (κ2) is 3.81. The first-order valence-corrected chi connectivity index (χ1v) is 4.72. The van der Waals surface area contributed by atoms with Gasteiger partial charge in [0.1, 0.15) is 5.60 Å². The van der Waals surface area contributed by atoms with Gasteiger partial charge >= 0.3 is 5.51 Å². The molecule has 0 heterocycles. The maximum Gasteiger partial charge on any atom is 0.453 e. The quantitative estimate of drug-likeness (QED) is 0.620. The normalized spacial score (nSPS) is 20.9. The summed E-state index contributed by atoms with van der Waals surface area (Å²) in [6.45, 7) is 0. The van der Waals surface area contributed by atoms with Crippen molar-refractivity contribution < 1.29 is 18.3 Å². The van der Waals surface area contributed by atoms with Crippen molar-refractivity contribution >= 4 is 11.8 Å². The van der Waals surface area contributed by atoms with E-state index in [0.717, 1.165) is 12.8 Å². The first-order chi connectivity index (χ1) is 5.91. The van der Waals surface area contributed by atoms with Gasteiger partial charge in [-0.1, -0.05) is 5.92 Å². The highest BCUT2D eigenvalue weighted by Crippen LogP contribution is 2.31. The zero-order valence-corrected chi connectivity index (χ0v) is 7.63. The molecule has 1 fully saturated rings. The van der Waals surface area contributed by atoms with Crippen LogP contribution in [0.4, 0.5) is 13.2 Å². The van der Waals surface area contributed by atoms with Crippen LogP contribution in [0.2, 0.25) is 0 Å². The van der Waals surface area contributed by atoms with Gasteiger partial charge in [0.05, 0.1) is 0 Å². The van der Waals surface area contributed by atoms with Crippen LogP contribution in [0.25, 0.3) is 0 Å². The third kappa shape index (κ3) is 3.92. The van der Waals surface area contributed by atoms with E-state index >= 15 is 0 Å². The van der Waals surface area contributed by atoms with E-state index in [2.05, 4.69) is 5.92 Å². The molecule has 0 aromatic carbocycles. The van der Waals surface area contributed by atoms with E-state index in [-0.39, 0.29) is 0 Å². The number of alkyl halides is 3. The molecule has 1 rings (SSSR count). The van der Waals surface area contributed by atoms with Crippen molar-refractivity contribution in [3.8, 4) is 11.2 Å². The van der Waals surface area contributed by atoms with E-state index in [9.17, 15) is 18.3 Å². The van der Waals surface area contributed by atoms with Crippen molar-refractivity contribution in [2.24, 2.45) is 0 Å². The van der Waals surface area contributed by atoms with E-state index in [0.29, 0.717) is 12.8 Å². The molecule has 0 aromatic heterocycles. The SMILES string of the molecule is OC1(C#CSC(F)(F)F)CCCC1. The molecule has 0 atom stereocenters. The lowest BCUT2D eigenvalue weighted by atomic mass is 10.1. The Balaban J connectivity index is 2.46. The molecular weight excluding hydrogens is 201 g/mol. The zero-order chi connectivity index (χ0) is 9.95. The van der Waals surface area contributed by atoms with Gasteiger partial charge in [-0.15, -0.1) is 0 Å². The van der Waals surface area contributed by atoms with Crippen molar-refractivity contribution in [3.05, 3.63) is 0 Å². The van der Waals surface area contributed by atoms with Crippen LogP contribution in [0.15, 0.2) is 0 Å². The third-order valence-corrected chi connectivity index (χ3v) is 2.32. The average Bonchev–Trinajstić information content (AvgIpc) is 2.33. The van der Waals surface area contributed by atoms with Gasteiger partial charge in [-0.2, -0.15) is 13.2 Å². The summed E-state index contributed by atoms with van der Waals surface area (Å²) in [6, 6.07) is 0. The fourth-order valence-corrected chi connectivity index (χ4v) is 1.62. The number of halogens is 3. The lowest BCUT2D eigenvalue weighted by molar-refractivity contribution is -0.0318. The van der Waals surface area contributed by atoms with E-state index < -0.39 is 22.9 Å². The van der Waals surface area contributed by atoms with Crippen molar-refractivity contribution in [2.45, 2.75) is 36.8 Å². The second-order valence-electron chi connectivity index (χ2n) is 3.01. The summed E-state index contributed by atoms with van der Waals surface area (Å²) < 4.78 is 34.9. The van der Waals surface area contributed by atoms with Crippen LogP contribution in [0.3, 0.4) is 0 Å². The molecule has 0 radical (unpaired) electrons. The van der Waals surface area contributed by atoms with Crippen LogP contribution in [0.5, 0.6) is 0 Å². The zero-order valence-electron chi connectivity index (χ0n) is 6.82. The Labute approximate surface area is 78.7 Å². The topological polar surface area (TPSA) is 20.2 Å². The van der Waals surface area contributed by atoms with Crippen molar-refractivity contribution in [1.82, 2.24) is 0 Å². The fourth-order valence-electron chi connectivity index (χ4n) is 1.26. The molecule has 13 heavy (non-hydrogen) atoms. The fraction of sp³-hybridized carbons (Fsp3) is 0.750. The van der Waals surface area contributed by atoms with Gasteiger partial charge in [-0.25, -0.2) is 0 Å². The summed E-state index contributed by atoms with van der Waals surface area (Å²) in [4.78, 5) is 0. The van der Waals surface area contributed by atoms with Crippen LogP contribution in [0, 0.1) is 11.2 Å². The predicted molar refractivity (Wildman–Crippen MR) is 44.8 cm³/mol. The molecule has 0 aliphatic heterocycles. The average molecular weight is 210 g/mol. The second-order valence-corrected chi connectivity index (χ2v) is 3.88. The molecule has 0 spiro atoms. The molecule has 1 aliphatic carbocycles. The monoisotopic (exact) mass is 210 g/mol. The predicted octanol–water partition coefficient (Wildman–Crippen LogP) is 2.51. The Morgan fingerprint density at radius 3 is 2.23 bits per heavy atom. The molecule has 1 aliphatic rings. The Bertz CT molecular complexity index is 232. The molecular formula is C8H9F3OS. The summed E-state index contributed by atoms with van der Waals surface area (Å²) in [5, 5.41) is 11.4. The van der Waals surface area contributed by atoms with Crippen LogP contribution in [0.1, 0.15) is 25.7 Å². The molecule has 0 amide bonds. The minimum absolute atomic E-state index is 0.402. The van der Waals surface area contributed by atoms with Gasteiger partial charge in [-0.05, 0) is 30.9 Å². The molecule has 1 nitrogen and oxygen atoms in total. The summed E-state index contributed by atoms with van der Waals surface area (Å²) >= 11 is -0.402. The lowest BCUT2D eigenvalue weighted by Gasteiger charge is -2.12. The highest BCUT2D eigenvalue weighted by Gasteiger charge is 2.30. The van der Waals surface area contributed by atoms with Gasteiger partial charge < -0.3 is 5.11 Å². The van der Waals surface area contributed by atoms with E-state index in [4.69, 9.17) is 0 Å². The van der Waals surface area contributed by atoms with Gasteiger partial charge in [0.2, 0.25) is 0 Å². The highest BCUT2D eigenvalue weighted by molar-refractivity contribution is 8.04. The number of thioether (sulfide) groups is 1. The Hall–Kier alpha value is -0.340. The number of hydrogen-bond donors (Lipinski definition) is 1. The number of rotatable bonds is 0. The molecule has 0 saturated heterocycles. The first kappa shape index (κ1) is 10.7. The molecule has 1 saturated carbocycles. The highest BCUT2D eigenvalue weighted by atomic mass is 32.2. The van der Waals surface area contributed by atoms with Crippen molar-refractivity contribution in [3.63, 3.8) is 0 Å². The Morgan fingerprint density at radius 2 is 1.77 bits per heavy atom. The minimum Gasteiger partial charge on any atom is -0.378 e. The van der Waals surface area contributed by atoms with Crippen LogP contribution in [-0.2, 0) is 0 Å². The van der Waals surface area contributed by atoms with E-state index in [1.165, 1.54) is 0 Å². The molecule has 1 N–H and O–H groups in total. The van der Waals surface area contributed by atoms with Gasteiger partial charge in [-0.3, -0.25) is 0 Å². The van der Waals surface area contributed by atoms with Gasteiger partial charge in [0.25, 0.3) is 0 Å². The minimum atomic E-state index is -4.33. The number of aliphatic hydroxyl groups is 1. The summed E-state index contributed by atoms with van der Waals surface area (Å²) in [5.74, 6) is 2.26. The largest absolute Gasteiger partial charge is 0.453 e. The maximum absolute atomic E-state index is 11.6. The smallest absolute Gasteiger partial charge is 0.378 e. The summed E-state index contributed by atoms with van der Waals surface area (Å²) in [6.07, 6.45) is 2.64. The van der Waals surface area contributed by atoms with Crippen molar-refractivity contribution in [1.29, 1.82) is 0 Å². The molecule has 74 valence electrons. The Kier molecular flexibility index (Phi) is 3.14. The first-order valence-electron chi connectivity index (χ1n) is 3.91. The van der Waals surface area contributed by atoms with Crippen LogP contribution >= 0.6 is 11.8 Å². The third-order valence-electron chi connectivity index (χ3n) is 1.88. The molecule has 0 unspecified atom stereocenters. The maximum atomic E-state index is 11.6. The summed E-state index contributed by atoms with van der Waals surface area (Å²) in [5.41, 5.74) is -5.50. The Morgan fingerprint density at radius 1 is 1.23 bits per heavy atom. The van der Waals surface area contributed by atoms with E-state index in [1.54, 1.807) is 0 Å². The standard InChI is InChI=1S/C8H9F3OS/c9-8(10,11)13-6-5-7(12)3-1-2-4-7/h12H,1-4H2. The van der Waals surface area contributed by atoms with Crippen LogP contribution < -0.4 is 0 Å².